The fourth-order valence-electron chi connectivity index (χ4n) is 2.82. The summed E-state index contributed by atoms with van der Waals surface area (Å²) >= 11 is 0. The van der Waals surface area contributed by atoms with Gasteiger partial charge in [0.05, 0.1) is 20.9 Å². The van der Waals surface area contributed by atoms with Gasteiger partial charge in [0, 0.05) is 25.4 Å². The number of benzene rings is 2. The van der Waals surface area contributed by atoms with Gasteiger partial charge in [-0.25, -0.2) is 13.4 Å². The Morgan fingerprint density at radius 3 is 2.65 bits per heavy atom. The zero-order chi connectivity index (χ0) is 18.9. The number of nitrogens with zero attached hydrogens (tertiary/aromatic N) is 3. The van der Waals surface area contributed by atoms with Crippen molar-refractivity contribution in [3.05, 3.63) is 58.4 Å². The smallest absolute Gasteiger partial charge is 0.293 e. The third-order valence-electron chi connectivity index (χ3n) is 4.09. The van der Waals surface area contributed by atoms with Crippen molar-refractivity contribution in [2.45, 2.75) is 18.4 Å². The number of aromatic nitrogens is 2. The first kappa shape index (κ1) is 17.9. The lowest BCUT2D eigenvalue weighted by Crippen LogP contribution is -2.13. The number of para-hydroxylation sites is 2. The average molecular weight is 374 g/mol. The van der Waals surface area contributed by atoms with Gasteiger partial charge in [-0.2, -0.15) is 0 Å². The molecule has 3 rings (SSSR count). The van der Waals surface area contributed by atoms with E-state index in [0.29, 0.717) is 13.1 Å². The summed E-state index contributed by atoms with van der Waals surface area (Å²) in [5.74, 6) is 0.856. The van der Waals surface area contributed by atoms with Gasteiger partial charge in [0.25, 0.3) is 5.69 Å². The number of hydrogen-bond donors (Lipinski definition) is 1. The summed E-state index contributed by atoms with van der Waals surface area (Å²) in [6, 6.07) is 11.6. The summed E-state index contributed by atoms with van der Waals surface area (Å²) in [7, 11) is -3.51. The maximum absolute atomic E-state index is 11.6. The van der Waals surface area contributed by atoms with Crippen LogP contribution in [0.15, 0.2) is 47.4 Å². The Bertz CT molecular complexity index is 1090. The average Bonchev–Trinajstić information content (AvgIpc) is 2.89. The van der Waals surface area contributed by atoms with Crippen LogP contribution in [0, 0.1) is 17.0 Å². The molecule has 1 N–H and O–H groups in total. The number of nitrogens with one attached hydrogen (secondary N) is 1. The van der Waals surface area contributed by atoms with Gasteiger partial charge in [-0.3, -0.25) is 10.1 Å². The lowest BCUT2D eigenvalue weighted by atomic mass is 10.2. The van der Waals surface area contributed by atoms with E-state index in [-0.39, 0.29) is 16.3 Å². The molecule has 26 heavy (non-hydrogen) atoms. The van der Waals surface area contributed by atoms with Crippen LogP contribution in [0.4, 0.5) is 11.4 Å². The number of rotatable bonds is 6. The third kappa shape index (κ3) is 3.52. The minimum Gasteiger partial charge on any atom is -0.378 e. The van der Waals surface area contributed by atoms with Crippen molar-refractivity contribution in [2.24, 2.45) is 0 Å². The number of nitro groups is 1. The molecule has 0 fully saturated rings. The predicted octanol–water partition coefficient (Wildman–Crippen LogP) is 2.77. The molecule has 9 heteroatoms. The molecule has 1 heterocycles. The van der Waals surface area contributed by atoms with Crippen molar-refractivity contribution in [1.29, 1.82) is 0 Å². The molecule has 0 spiro atoms. The van der Waals surface area contributed by atoms with E-state index in [4.69, 9.17) is 0 Å². The van der Waals surface area contributed by atoms with E-state index >= 15 is 0 Å². The predicted molar refractivity (Wildman–Crippen MR) is 99.2 cm³/mol. The quantitative estimate of drug-likeness (QED) is 0.525. The number of fused-ring (bicyclic) bond motifs is 1. The first-order chi connectivity index (χ1) is 12.3. The van der Waals surface area contributed by atoms with Gasteiger partial charge in [0.1, 0.15) is 11.5 Å². The minimum atomic E-state index is -3.51. The van der Waals surface area contributed by atoms with Crippen LogP contribution in [-0.4, -0.2) is 35.7 Å². The fourth-order valence-corrected chi connectivity index (χ4v) is 3.46. The molecule has 0 bridgehead atoms. The Balaban J connectivity index is 1.81. The second-order valence-electron chi connectivity index (χ2n) is 5.93. The lowest BCUT2D eigenvalue weighted by molar-refractivity contribution is -0.384. The minimum absolute atomic E-state index is 0.0776. The molecule has 0 aliphatic heterocycles. The van der Waals surface area contributed by atoms with Crippen molar-refractivity contribution in [3.63, 3.8) is 0 Å². The molecule has 136 valence electrons. The van der Waals surface area contributed by atoms with Gasteiger partial charge < -0.3 is 9.88 Å². The van der Waals surface area contributed by atoms with Gasteiger partial charge in [-0.15, -0.1) is 0 Å². The Labute approximate surface area is 150 Å². The molecule has 0 atom stereocenters. The summed E-state index contributed by atoms with van der Waals surface area (Å²) in [6.45, 7) is 2.90. The summed E-state index contributed by atoms with van der Waals surface area (Å²) in [5.41, 5.74) is 1.91. The highest BCUT2D eigenvalue weighted by Gasteiger charge is 2.18. The fraction of sp³-hybridized carbons (Fsp3) is 0.235. The molecule has 8 nitrogen and oxygen atoms in total. The monoisotopic (exact) mass is 374 g/mol. The van der Waals surface area contributed by atoms with Crippen molar-refractivity contribution in [1.82, 2.24) is 9.55 Å². The largest absolute Gasteiger partial charge is 0.378 e. The molecule has 0 unspecified atom stereocenters. The standard InChI is InChI=1S/C17H18N4O4S/c1-12-19-15-5-3-4-6-16(15)20(12)10-9-18-14-8-7-13(26(2,24)25)11-17(14)21(22)23/h3-8,11,18H,9-10H2,1-2H3. The Hall–Kier alpha value is -2.94. The second kappa shape index (κ2) is 6.75. The van der Waals surface area contributed by atoms with Crippen molar-refractivity contribution < 1.29 is 13.3 Å². The molecule has 0 radical (unpaired) electrons. The van der Waals surface area contributed by atoms with Crippen molar-refractivity contribution in [2.75, 3.05) is 18.1 Å². The van der Waals surface area contributed by atoms with Crippen molar-refractivity contribution >= 4 is 32.2 Å². The summed E-state index contributed by atoms with van der Waals surface area (Å²) in [5, 5.41) is 14.3. The van der Waals surface area contributed by atoms with E-state index in [1.165, 1.54) is 12.1 Å². The normalized spacial score (nSPS) is 11.6. The molecule has 0 saturated carbocycles. The highest BCUT2D eigenvalue weighted by atomic mass is 32.2. The zero-order valence-electron chi connectivity index (χ0n) is 14.3. The summed E-state index contributed by atoms with van der Waals surface area (Å²) in [6.07, 6.45) is 1.02. The number of hydrogen-bond acceptors (Lipinski definition) is 6. The number of sulfone groups is 1. The molecule has 2 aromatic carbocycles. The molecular formula is C17H18N4O4S. The number of anilines is 1. The van der Waals surface area contributed by atoms with Crippen LogP contribution in [0.3, 0.4) is 0 Å². The van der Waals surface area contributed by atoms with Crippen LogP contribution >= 0.6 is 0 Å². The van der Waals surface area contributed by atoms with E-state index in [1.54, 1.807) is 0 Å². The third-order valence-corrected chi connectivity index (χ3v) is 5.20. The molecule has 3 aromatic rings. The van der Waals surface area contributed by atoms with Crippen molar-refractivity contribution in [3.8, 4) is 0 Å². The van der Waals surface area contributed by atoms with Crippen LogP contribution in [0.1, 0.15) is 5.82 Å². The van der Waals surface area contributed by atoms with E-state index in [2.05, 4.69) is 10.3 Å². The van der Waals surface area contributed by atoms with Crippen LogP contribution in [0.2, 0.25) is 0 Å². The molecule has 0 saturated heterocycles. The molecule has 0 aliphatic rings. The Kier molecular flexibility index (Phi) is 4.64. The molecule has 0 amide bonds. The van der Waals surface area contributed by atoms with Crippen LogP contribution in [0.5, 0.6) is 0 Å². The van der Waals surface area contributed by atoms with Gasteiger partial charge in [-0.1, -0.05) is 12.1 Å². The van der Waals surface area contributed by atoms with Crippen LogP contribution in [-0.2, 0) is 16.4 Å². The zero-order valence-corrected chi connectivity index (χ0v) is 15.2. The summed E-state index contributed by atoms with van der Waals surface area (Å²) in [4.78, 5) is 15.1. The highest BCUT2D eigenvalue weighted by Crippen LogP contribution is 2.27. The topological polar surface area (TPSA) is 107 Å². The summed E-state index contributed by atoms with van der Waals surface area (Å²) < 4.78 is 25.2. The molecular weight excluding hydrogens is 356 g/mol. The van der Waals surface area contributed by atoms with Crippen LogP contribution < -0.4 is 5.32 Å². The Morgan fingerprint density at radius 2 is 1.96 bits per heavy atom. The van der Waals surface area contributed by atoms with Crippen LogP contribution in [0.25, 0.3) is 11.0 Å². The van der Waals surface area contributed by atoms with Gasteiger partial charge in [0.15, 0.2) is 9.84 Å². The number of nitro benzene ring substituents is 1. The van der Waals surface area contributed by atoms with E-state index in [1.807, 2.05) is 35.8 Å². The highest BCUT2D eigenvalue weighted by molar-refractivity contribution is 7.90. The molecule has 0 aliphatic carbocycles. The van der Waals surface area contributed by atoms with E-state index in [9.17, 15) is 18.5 Å². The van der Waals surface area contributed by atoms with E-state index in [0.717, 1.165) is 29.2 Å². The first-order valence-corrected chi connectivity index (χ1v) is 9.81. The van der Waals surface area contributed by atoms with E-state index < -0.39 is 14.8 Å². The van der Waals surface area contributed by atoms with Gasteiger partial charge in [0.2, 0.25) is 0 Å². The lowest BCUT2D eigenvalue weighted by Gasteiger charge is -2.10. The van der Waals surface area contributed by atoms with Gasteiger partial charge >= 0.3 is 0 Å². The number of aryl methyl sites for hydroxylation is 1. The molecule has 1 aromatic heterocycles. The maximum atomic E-state index is 11.6. The first-order valence-electron chi connectivity index (χ1n) is 7.91. The van der Waals surface area contributed by atoms with Gasteiger partial charge in [-0.05, 0) is 31.2 Å². The second-order valence-corrected chi connectivity index (χ2v) is 7.95. The Morgan fingerprint density at radius 1 is 1.23 bits per heavy atom. The number of imidazole rings is 1. The SMILES string of the molecule is Cc1nc2ccccc2n1CCNc1ccc(S(C)(=O)=O)cc1[N+](=O)[O-]. The maximum Gasteiger partial charge on any atom is 0.293 e.